The summed E-state index contributed by atoms with van der Waals surface area (Å²) in [5, 5.41) is 4.12. The summed E-state index contributed by atoms with van der Waals surface area (Å²) in [6, 6.07) is 21.6. The number of rotatable bonds is 6. The van der Waals surface area contributed by atoms with Crippen molar-refractivity contribution >= 4 is 17.3 Å². The Kier molecular flexibility index (Phi) is 5.35. The van der Waals surface area contributed by atoms with E-state index in [0.29, 0.717) is 26.4 Å². The Labute approximate surface area is 163 Å². The Hall–Kier alpha value is -2.85. The fraction of sp³-hybridized carbons (Fsp3) is 0.182. The van der Waals surface area contributed by atoms with Crippen LogP contribution in [0.25, 0.3) is 0 Å². The van der Waals surface area contributed by atoms with Gasteiger partial charge in [0.05, 0.1) is 0 Å². The highest BCUT2D eigenvalue weighted by Crippen LogP contribution is 2.32. The maximum atomic E-state index is 6.15. The van der Waals surface area contributed by atoms with Crippen molar-refractivity contribution in [2.45, 2.75) is 13.2 Å². The molecule has 0 unspecified atom stereocenters. The number of fused-ring (bicyclic) bond motifs is 1. The van der Waals surface area contributed by atoms with Gasteiger partial charge in [-0.1, -0.05) is 41.9 Å². The van der Waals surface area contributed by atoms with E-state index in [-0.39, 0.29) is 0 Å². The molecule has 1 aliphatic rings. The van der Waals surface area contributed by atoms with Crippen molar-refractivity contribution in [3.8, 4) is 17.2 Å². The van der Waals surface area contributed by atoms with Crippen LogP contribution in [-0.2, 0) is 13.2 Å². The molecule has 1 aliphatic heterocycles. The van der Waals surface area contributed by atoms with Crippen molar-refractivity contribution in [3.63, 3.8) is 0 Å². The molecular weight excluding hydrogens is 362 g/mol. The molecule has 0 bridgehead atoms. The van der Waals surface area contributed by atoms with Crippen molar-refractivity contribution < 1.29 is 14.2 Å². The largest absolute Gasteiger partial charge is 0.489 e. The molecule has 0 saturated carbocycles. The van der Waals surface area contributed by atoms with Gasteiger partial charge in [0.1, 0.15) is 25.6 Å². The lowest BCUT2D eigenvalue weighted by molar-refractivity contribution is 0.171. The Morgan fingerprint density at radius 1 is 0.889 bits per heavy atom. The first kappa shape index (κ1) is 17.6. The van der Waals surface area contributed by atoms with E-state index in [2.05, 4.69) is 5.32 Å². The van der Waals surface area contributed by atoms with E-state index >= 15 is 0 Å². The van der Waals surface area contributed by atoms with E-state index in [1.165, 1.54) is 0 Å². The Bertz CT molecular complexity index is 912. The van der Waals surface area contributed by atoms with Gasteiger partial charge in [-0.2, -0.15) is 0 Å². The first-order chi connectivity index (χ1) is 13.3. The topological polar surface area (TPSA) is 39.7 Å². The zero-order valence-electron chi connectivity index (χ0n) is 14.8. The second-order valence-electron chi connectivity index (χ2n) is 6.24. The van der Waals surface area contributed by atoms with Crippen molar-refractivity contribution in [1.82, 2.24) is 0 Å². The van der Waals surface area contributed by atoms with Crippen molar-refractivity contribution in [2.24, 2.45) is 0 Å². The van der Waals surface area contributed by atoms with Crippen molar-refractivity contribution in [1.29, 1.82) is 0 Å². The minimum absolute atomic E-state index is 0.453. The Morgan fingerprint density at radius 2 is 1.67 bits per heavy atom. The predicted molar refractivity (Wildman–Crippen MR) is 107 cm³/mol. The summed E-state index contributed by atoms with van der Waals surface area (Å²) < 4.78 is 17.0. The molecule has 4 nitrogen and oxygen atoms in total. The zero-order valence-corrected chi connectivity index (χ0v) is 15.5. The second kappa shape index (κ2) is 8.23. The van der Waals surface area contributed by atoms with E-state index in [1.807, 2.05) is 66.7 Å². The number of halogens is 1. The van der Waals surface area contributed by atoms with Crippen molar-refractivity contribution in [3.05, 3.63) is 82.9 Å². The molecule has 0 saturated heterocycles. The van der Waals surface area contributed by atoms with Gasteiger partial charge in [0.15, 0.2) is 11.5 Å². The van der Waals surface area contributed by atoms with Crippen LogP contribution in [0, 0.1) is 0 Å². The zero-order chi connectivity index (χ0) is 18.5. The predicted octanol–water partition coefficient (Wildman–Crippen LogP) is 5.30. The summed E-state index contributed by atoms with van der Waals surface area (Å²) in [7, 11) is 0. The van der Waals surface area contributed by atoms with Gasteiger partial charge in [-0.25, -0.2) is 0 Å². The molecule has 0 amide bonds. The molecule has 0 atom stereocenters. The Morgan fingerprint density at radius 3 is 2.48 bits per heavy atom. The molecule has 5 heteroatoms. The maximum Gasteiger partial charge on any atom is 0.163 e. The highest BCUT2D eigenvalue weighted by atomic mass is 35.5. The van der Waals surface area contributed by atoms with Crippen LogP contribution >= 0.6 is 11.6 Å². The van der Waals surface area contributed by atoms with Gasteiger partial charge in [-0.05, 0) is 35.9 Å². The highest BCUT2D eigenvalue weighted by Gasteiger charge is 2.11. The van der Waals surface area contributed by atoms with Gasteiger partial charge in [-0.15, -0.1) is 0 Å². The molecule has 0 spiro atoms. The lowest BCUT2D eigenvalue weighted by Crippen LogP contribution is -2.15. The number of hydrogen-bond donors (Lipinski definition) is 1. The summed E-state index contributed by atoms with van der Waals surface area (Å²) >= 11 is 6.15. The van der Waals surface area contributed by atoms with Crippen LogP contribution in [0.15, 0.2) is 66.7 Å². The smallest absolute Gasteiger partial charge is 0.163 e. The van der Waals surface area contributed by atoms with Gasteiger partial charge in [0.25, 0.3) is 0 Å². The molecule has 138 valence electrons. The van der Waals surface area contributed by atoms with Gasteiger partial charge in [-0.3, -0.25) is 0 Å². The van der Waals surface area contributed by atoms with E-state index < -0.39 is 0 Å². The van der Waals surface area contributed by atoms with Crippen LogP contribution in [0.4, 0.5) is 5.69 Å². The molecule has 1 heterocycles. The fourth-order valence-corrected chi connectivity index (χ4v) is 3.03. The third-order valence-corrected chi connectivity index (χ3v) is 4.68. The molecule has 4 rings (SSSR count). The van der Waals surface area contributed by atoms with Crippen LogP contribution in [-0.4, -0.2) is 13.2 Å². The van der Waals surface area contributed by atoms with E-state index in [1.54, 1.807) is 0 Å². The SMILES string of the molecule is Clc1ccccc1COc1ccc(CNc2ccc3c(c2)OCCO3)cc1. The van der Waals surface area contributed by atoms with Gasteiger partial charge in [0.2, 0.25) is 0 Å². The molecular formula is C22H20ClNO3. The second-order valence-corrected chi connectivity index (χ2v) is 6.64. The van der Waals surface area contributed by atoms with E-state index in [9.17, 15) is 0 Å². The standard InChI is InChI=1S/C22H20ClNO3/c23-20-4-2-1-3-17(20)15-27-19-8-5-16(6-9-19)14-24-18-7-10-21-22(13-18)26-12-11-25-21/h1-10,13,24H,11-12,14-15H2. The molecule has 1 N–H and O–H groups in total. The van der Waals surface area contributed by atoms with Gasteiger partial charge >= 0.3 is 0 Å². The van der Waals surface area contributed by atoms with Gasteiger partial charge in [0, 0.05) is 28.9 Å². The molecule has 0 aliphatic carbocycles. The average molecular weight is 382 g/mol. The molecule has 0 aromatic heterocycles. The quantitative estimate of drug-likeness (QED) is 0.628. The average Bonchev–Trinajstić information content (AvgIpc) is 2.72. The minimum Gasteiger partial charge on any atom is -0.489 e. The fourth-order valence-electron chi connectivity index (χ4n) is 2.84. The number of nitrogens with one attached hydrogen (secondary N) is 1. The van der Waals surface area contributed by atoms with Crippen LogP contribution in [0.5, 0.6) is 17.2 Å². The molecule has 3 aromatic rings. The third kappa shape index (κ3) is 4.47. The number of ether oxygens (including phenoxy) is 3. The monoisotopic (exact) mass is 381 g/mol. The summed E-state index contributed by atoms with van der Waals surface area (Å²) in [5.41, 5.74) is 3.14. The summed E-state index contributed by atoms with van der Waals surface area (Å²) in [6.45, 7) is 2.36. The minimum atomic E-state index is 0.453. The van der Waals surface area contributed by atoms with Crippen LogP contribution in [0.1, 0.15) is 11.1 Å². The first-order valence-corrected chi connectivity index (χ1v) is 9.24. The summed E-state index contributed by atoms with van der Waals surface area (Å²) in [4.78, 5) is 0. The van der Waals surface area contributed by atoms with Gasteiger partial charge < -0.3 is 19.5 Å². The number of hydrogen-bond acceptors (Lipinski definition) is 4. The van der Waals surface area contributed by atoms with Crippen LogP contribution < -0.4 is 19.5 Å². The molecule has 0 radical (unpaired) electrons. The maximum absolute atomic E-state index is 6.15. The lowest BCUT2D eigenvalue weighted by atomic mass is 10.2. The number of benzene rings is 3. The summed E-state index contributed by atoms with van der Waals surface area (Å²) in [6.07, 6.45) is 0. The van der Waals surface area contributed by atoms with Crippen molar-refractivity contribution in [2.75, 3.05) is 18.5 Å². The third-order valence-electron chi connectivity index (χ3n) is 4.31. The Balaban J connectivity index is 1.32. The molecule has 0 fully saturated rings. The van der Waals surface area contributed by atoms with Crippen LogP contribution in [0.2, 0.25) is 5.02 Å². The summed E-state index contributed by atoms with van der Waals surface area (Å²) in [5.74, 6) is 2.40. The normalized spacial score (nSPS) is 12.5. The molecule has 27 heavy (non-hydrogen) atoms. The van der Waals surface area contributed by atoms with Crippen LogP contribution in [0.3, 0.4) is 0 Å². The van der Waals surface area contributed by atoms with E-state index in [0.717, 1.165) is 39.1 Å². The lowest BCUT2D eigenvalue weighted by Gasteiger charge is -2.19. The molecule has 3 aromatic carbocycles. The number of anilines is 1. The first-order valence-electron chi connectivity index (χ1n) is 8.86. The highest BCUT2D eigenvalue weighted by molar-refractivity contribution is 6.31. The van der Waals surface area contributed by atoms with E-state index in [4.69, 9.17) is 25.8 Å².